The summed E-state index contributed by atoms with van der Waals surface area (Å²) in [5.74, 6) is 1.45. The average molecular weight is 291 g/mol. The van der Waals surface area contributed by atoms with Gasteiger partial charge in [-0.25, -0.2) is 0 Å². The summed E-state index contributed by atoms with van der Waals surface area (Å²) >= 11 is 1.58. The zero-order valence-electron chi connectivity index (χ0n) is 11.5. The van der Waals surface area contributed by atoms with E-state index in [2.05, 4.69) is 5.32 Å². The van der Waals surface area contributed by atoms with Gasteiger partial charge in [0, 0.05) is 23.1 Å². The van der Waals surface area contributed by atoms with E-state index in [0.29, 0.717) is 18.7 Å². The van der Waals surface area contributed by atoms with Gasteiger partial charge in [0.25, 0.3) is 0 Å². The number of hydrogen-bond donors (Lipinski definition) is 1. The molecule has 0 atom stereocenters. The summed E-state index contributed by atoms with van der Waals surface area (Å²) in [7, 11) is 3.21. The maximum absolute atomic E-state index is 11.8. The first-order valence-electron chi connectivity index (χ1n) is 6.23. The van der Waals surface area contributed by atoms with Crippen molar-refractivity contribution in [1.82, 2.24) is 5.32 Å². The minimum absolute atomic E-state index is 0.00493. The molecule has 1 N–H and O–H groups in total. The first-order chi connectivity index (χ1) is 9.72. The van der Waals surface area contributed by atoms with Gasteiger partial charge in [-0.3, -0.25) is 4.79 Å². The summed E-state index contributed by atoms with van der Waals surface area (Å²) in [6, 6.07) is 9.45. The summed E-state index contributed by atoms with van der Waals surface area (Å²) in [6.45, 7) is 0.442. The molecular formula is C15H17NO3S. The van der Waals surface area contributed by atoms with Gasteiger partial charge in [0.15, 0.2) is 0 Å². The molecule has 1 heterocycles. The monoisotopic (exact) mass is 291 g/mol. The van der Waals surface area contributed by atoms with Crippen molar-refractivity contribution in [2.45, 2.75) is 13.0 Å². The van der Waals surface area contributed by atoms with Crippen LogP contribution < -0.4 is 14.8 Å². The van der Waals surface area contributed by atoms with E-state index in [4.69, 9.17) is 9.47 Å². The molecule has 106 valence electrons. The normalized spacial score (nSPS) is 10.1. The Bertz CT molecular complexity index is 567. The van der Waals surface area contributed by atoms with Gasteiger partial charge >= 0.3 is 0 Å². The molecule has 0 aliphatic rings. The van der Waals surface area contributed by atoms with Crippen LogP contribution in [0, 0.1) is 0 Å². The van der Waals surface area contributed by atoms with Crippen molar-refractivity contribution in [3.8, 4) is 11.5 Å². The standard InChI is InChI=1S/C15H17NO3S/c1-18-12-6-5-11(14(8-12)19-2)10-16-15(17)9-13-4-3-7-20-13/h3-8H,9-10H2,1-2H3,(H,16,17). The molecule has 5 heteroatoms. The summed E-state index contributed by atoms with van der Waals surface area (Å²) in [4.78, 5) is 12.9. The molecule has 1 aromatic heterocycles. The van der Waals surface area contributed by atoms with Crippen LogP contribution in [0.4, 0.5) is 0 Å². The first kappa shape index (κ1) is 14.4. The van der Waals surface area contributed by atoms with Gasteiger partial charge in [0.2, 0.25) is 5.91 Å². The topological polar surface area (TPSA) is 47.6 Å². The maximum Gasteiger partial charge on any atom is 0.225 e. The third-order valence-corrected chi connectivity index (χ3v) is 3.76. The second-order valence-corrected chi connectivity index (χ2v) is 5.24. The molecule has 0 aliphatic carbocycles. The van der Waals surface area contributed by atoms with Gasteiger partial charge in [0.05, 0.1) is 20.6 Å². The van der Waals surface area contributed by atoms with E-state index in [-0.39, 0.29) is 5.91 Å². The highest BCUT2D eigenvalue weighted by atomic mass is 32.1. The number of carbonyl (C=O) groups is 1. The Balaban J connectivity index is 1.94. The number of carbonyl (C=O) groups excluding carboxylic acids is 1. The Labute approximate surface area is 122 Å². The lowest BCUT2D eigenvalue weighted by atomic mass is 10.2. The molecule has 20 heavy (non-hydrogen) atoms. The maximum atomic E-state index is 11.8. The molecule has 2 rings (SSSR count). The largest absolute Gasteiger partial charge is 0.497 e. The van der Waals surface area contributed by atoms with Crippen LogP contribution >= 0.6 is 11.3 Å². The lowest BCUT2D eigenvalue weighted by Crippen LogP contribution is -2.24. The quantitative estimate of drug-likeness (QED) is 0.890. The second kappa shape index (κ2) is 6.96. The fourth-order valence-electron chi connectivity index (χ4n) is 1.83. The van der Waals surface area contributed by atoms with Gasteiger partial charge in [-0.05, 0) is 23.6 Å². The molecule has 0 radical (unpaired) electrons. The molecule has 2 aromatic rings. The van der Waals surface area contributed by atoms with Crippen molar-refractivity contribution in [3.63, 3.8) is 0 Å². The first-order valence-corrected chi connectivity index (χ1v) is 7.11. The molecule has 4 nitrogen and oxygen atoms in total. The van der Waals surface area contributed by atoms with Gasteiger partial charge in [0.1, 0.15) is 11.5 Å². The van der Waals surface area contributed by atoms with E-state index in [9.17, 15) is 4.79 Å². The Kier molecular flexibility index (Phi) is 5.01. The van der Waals surface area contributed by atoms with Crippen molar-refractivity contribution in [3.05, 3.63) is 46.2 Å². The summed E-state index contributed by atoms with van der Waals surface area (Å²) in [5.41, 5.74) is 0.924. The Hall–Kier alpha value is -2.01. The molecule has 0 bridgehead atoms. The van der Waals surface area contributed by atoms with E-state index in [0.717, 1.165) is 16.2 Å². The van der Waals surface area contributed by atoms with Crippen LogP contribution in [0.2, 0.25) is 0 Å². The van der Waals surface area contributed by atoms with Crippen LogP contribution in [0.1, 0.15) is 10.4 Å². The fraction of sp³-hybridized carbons (Fsp3) is 0.267. The van der Waals surface area contributed by atoms with E-state index in [1.807, 2.05) is 29.6 Å². The molecule has 1 aromatic carbocycles. The van der Waals surface area contributed by atoms with Crippen LogP contribution in [-0.4, -0.2) is 20.1 Å². The molecule has 0 aliphatic heterocycles. The van der Waals surface area contributed by atoms with E-state index in [1.54, 1.807) is 31.6 Å². The lowest BCUT2D eigenvalue weighted by Gasteiger charge is -2.11. The number of ether oxygens (including phenoxy) is 2. The third kappa shape index (κ3) is 3.74. The average Bonchev–Trinajstić information content (AvgIpc) is 2.97. The van der Waals surface area contributed by atoms with Crippen LogP contribution in [0.25, 0.3) is 0 Å². The molecular weight excluding hydrogens is 274 g/mol. The number of methoxy groups -OCH3 is 2. The second-order valence-electron chi connectivity index (χ2n) is 4.21. The summed E-state index contributed by atoms with van der Waals surface area (Å²) < 4.78 is 10.4. The van der Waals surface area contributed by atoms with Crippen molar-refractivity contribution in [2.75, 3.05) is 14.2 Å². The predicted molar refractivity (Wildman–Crippen MR) is 79.4 cm³/mol. The lowest BCUT2D eigenvalue weighted by molar-refractivity contribution is -0.120. The van der Waals surface area contributed by atoms with Crippen molar-refractivity contribution in [1.29, 1.82) is 0 Å². The van der Waals surface area contributed by atoms with Crippen LogP contribution in [-0.2, 0) is 17.8 Å². The minimum Gasteiger partial charge on any atom is -0.497 e. The number of thiophene rings is 1. The molecule has 0 saturated carbocycles. The number of nitrogens with one attached hydrogen (secondary N) is 1. The Morgan fingerprint density at radius 2 is 2.10 bits per heavy atom. The van der Waals surface area contributed by atoms with Crippen LogP contribution in [0.5, 0.6) is 11.5 Å². The van der Waals surface area contributed by atoms with Gasteiger partial charge in [-0.1, -0.05) is 6.07 Å². The van der Waals surface area contributed by atoms with E-state index < -0.39 is 0 Å². The highest BCUT2D eigenvalue weighted by Gasteiger charge is 2.08. The molecule has 0 fully saturated rings. The molecule has 1 amide bonds. The van der Waals surface area contributed by atoms with Gasteiger partial charge < -0.3 is 14.8 Å². The molecule has 0 saturated heterocycles. The Morgan fingerprint density at radius 1 is 1.25 bits per heavy atom. The molecule has 0 spiro atoms. The zero-order chi connectivity index (χ0) is 14.4. The van der Waals surface area contributed by atoms with Crippen LogP contribution in [0.15, 0.2) is 35.7 Å². The highest BCUT2D eigenvalue weighted by molar-refractivity contribution is 7.10. The van der Waals surface area contributed by atoms with Crippen molar-refractivity contribution in [2.24, 2.45) is 0 Å². The third-order valence-electron chi connectivity index (χ3n) is 2.89. The van der Waals surface area contributed by atoms with Crippen LogP contribution in [0.3, 0.4) is 0 Å². The highest BCUT2D eigenvalue weighted by Crippen LogP contribution is 2.24. The van der Waals surface area contributed by atoms with Crippen molar-refractivity contribution >= 4 is 17.2 Å². The fourth-order valence-corrected chi connectivity index (χ4v) is 2.53. The van der Waals surface area contributed by atoms with E-state index in [1.165, 1.54) is 0 Å². The summed E-state index contributed by atoms with van der Waals surface area (Å²) in [5, 5.41) is 4.86. The number of rotatable bonds is 6. The van der Waals surface area contributed by atoms with Gasteiger partial charge in [-0.15, -0.1) is 11.3 Å². The SMILES string of the molecule is COc1ccc(CNC(=O)Cc2cccs2)c(OC)c1. The van der Waals surface area contributed by atoms with Crippen molar-refractivity contribution < 1.29 is 14.3 Å². The number of hydrogen-bond acceptors (Lipinski definition) is 4. The smallest absolute Gasteiger partial charge is 0.225 e. The molecule has 0 unspecified atom stereocenters. The Morgan fingerprint density at radius 3 is 2.75 bits per heavy atom. The summed E-state index contributed by atoms with van der Waals surface area (Å²) in [6.07, 6.45) is 0.413. The number of benzene rings is 1. The minimum atomic E-state index is 0.00493. The predicted octanol–water partition coefficient (Wildman–Crippen LogP) is 2.62. The zero-order valence-corrected chi connectivity index (χ0v) is 12.3. The van der Waals surface area contributed by atoms with Gasteiger partial charge in [-0.2, -0.15) is 0 Å². The number of amides is 1. The van der Waals surface area contributed by atoms with E-state index >= 15 is 0 Å².